The molecule has 116 heavy (non-hydrogen) atoms. The molecule has 1 radical (unpaired) electrons. The Kier molecular flexibility index (Phi) is 46.5. The number of aryl methyl sites for hydroxylation is 1. The van der Waals surface area contributed by atoms with Crippen molar-refractivity contribution in [2.75, 3.05) is 132 Å². The average molecular weight is 1810 g/mol. The number of unbranched alkanes of at least 4 members (excludes halogenated alkanes) is 2. The Morgan fingerprint density at radius 1 is 0.466 bits per heavy atom. The van der Waals surface area contributed by atoms with Crippen molar-refractivity contribution >= 4 is 90.7 Å². The van der Waals surface area contributed by atoms with Gasteiger partial charge in [-0.1, -0.05) is 54.1 Å². The van der Waals surface area contributed by atoms with Crippen molar-refractivity contribution in [2.24, 2.45) is 0 Å². The molecule has 6 amide bonds. The van der Waals surface area contributed by atoms with Crippen LogP contribution in [0.5, 0.6) is 0 Å². The van der Waals surface area contributed by atoms with Crippen LogP contribution in [-0.2, 0) is 118 Å². The van der Waals surface area contributed by atoms with Crippen molar-refractivity contribution in [3.8, 4) is 22.5 Å². The molecule has 0 saturated heterocycles. The first kappa shape index (κ1) is 98.4. The molecule has 4 atom stereocenters. The summed E-state index contributed by atoms with van der Waals surface area (Å²) in [5.41, 5.74) is 4.12. The summed E-state index contributed by atoms with van der Waals surface area (Å²) in [5, 5.41) is 61.2. The van der Waals surface area contributed by atoms with E-state index in [1.54, 1.807) is 26.9 Å². The summed E-state index contributed by atoms with van der Waals surface area (Å²) < 4.78 is 55.5. The zero-order valence-corrected chi connectivity index (χ0v) is 67.1. The second-order valence-corrected chi connectivity index (χ2v) is 27.1. The standard InChI is InChI=1S/C73H103N14O27P.Lu/c1-107-66(96)49-83-32-30-82(31-33-84(50-67(97)108-2)35-37-85(36-34-83)51-68(98)109-3)48-63(92)75-27-12-29-87-70-53-14-7-6-13-52(53)47-86(58-17-9-8-15-54(58)69(70)79-81-87)64(93)23-22-59(88)76-28-40-111-42-44-113-46-45-112-43-41-110-39-25-60(89)74-26-10-4-5-18-61(90)78-56(72(101)102)19-21-62(91)77-55(71(99)100)16-11-38-114-115(105,106)80-57(73(103)104)20-24-65(94)95;/h6-9,13-15,17,30-37,55-57H,4-5,10-12,16,18-29,38-51H2,1-3H3,(H,74,89)(H,75,92)(H,76,88)(H,77,91)(H,78,90)(H,94,95)(H,99,100)(H,101,102)(H,103,104)(H2,80,105,106);/t55-,56+,57?;/m0./s1. The molecule has 41 nitrogen and oxygen atoms in total. The van der Waals surface area contributed by atoms with Crippen LogP contribution in [0.25, 0.3) is 22.5 Å². The van der Waals surface area contributed by atoms with Crippen LogP contribution in [0, 0.1) is 36.9 Å². The summed E-state index contributed by atoms with van der Waals surface area (Å²) >= 11 is 0. The van der Waals surface area contributed by atoms with Gasteiger partial charge in [0.25, 0.3) is 0 Å². The number of rotatable bonds is 54. The second kappa shape index (κ2) is 54.8. The summed E-state index contributed by atoms with van der Waals surface area (Å²) in [4.78, 5) is 178. The smallest absolute Gasteiger partial charge is 0.403 e. The van der Waals surface area contributed by atoms with E-state index in [4.69, 9.17) is 42.8 Å². The molecule has 647 valence electrons. The van der Waals surface area contributed by atoms with Crippen LogP contribution in [0.15, 0.2) is 98.1 Å². The number of fused-ring (bicyclic) bond motifs is 5. The van der Waals surface area contributed by atoms with E-state index in [2.05, 4.69) is 36.9 Å². The van der Waals surface area contributed by atoms with E-state index in [-0.39, 0.29) is 204 Å². The van der Waals surface area contributed by atoms with Gasteiger partial charge in [-0.3, -0.25) is 57.3 Å². The summed E-state index contributed by atoms with van der Waals surface area (Å²) in [6.07, 6.45) is 11.4. The average Bonchev–Trinajstić information content (AvgIpc) is 1.55. The number of anilines is 1. The number of carbonyl (C=O) groups excluding carboxylic acids is 9. The van der Waals surface area contributed by atoms with Gasteiger partial charge in [0.1, 0.15) is 50.0 Å². The minimum absolute atomic E-state index is 0. The van der Waals surface area contributed by atoms with Crippen molar-refractivity contribution < 1.29 is 167 Å². The number of aromatic nitrogens is 3. The Morgan fingerprint density at radius 3 is 1.50 bits per heavy atom. The van der Waals surface area contributed by atoms with Gasteiger partial charge in [-0.2, -0.15) is 0 Å². The quantitative estimate of drug-likeness (QED) is 0.0164. The fourth-order valence-electron chi connectivity index (χ4n) is 10.9. The minimum Gasteiger partial charge on any atom is -0.481 e. The van der Waals surface area contributed by atoms with Crippen LogP contribution in [0.1, 0.15) is 95.5 Å². The van der Waals surface area contributed by atoms with Crippen molar-refractivity contribution in [3.05, 3.63) is 104 Å². The maximum atomic E-state index is 14.2. The maximum Gasteiger partial charge on any atom is 0.403 e. The molecule has 0 aliphatic carbocycles. The summed E-state index contributed by atoms with van der Waals surface area (Å²) in [5.74, 6) is -10.2. The van der Waals surface area contributed by atoms with Crippen LogP contribution in [-0.4, -0.2) is 282 Å². The maximum absolute atomic E-state index is 14.2. The number of carboxylic acid groups (broad SMARTS) is 4. The number of ether oxygens (including phenoxy) is 7. The molecular weight excluding hydrogens is 1710 g/mol. The molecule has 1 aromatic heterocycles. The summed E-state index contributed by atoms with van der Waals surface area (Å²) in [6, 6.07) is 10.2. The molecule has 5 rings (SSSR count). The van der Waals surface area contributed by atoms with E-state index in [1.807, 2.05) is 53.6 Å². The summed E-state index contributed by atoms with van der Waals surface area (Å²) in [7, 11) is -1.02. The van der Waals surface area contributed by atoms with Gasteiger partial charge in [0.15, 0.2) is 0 Å². The SMILES string of the molecule is COC(=O)CN1C=CN(CC(=O)NCCCn2nnc3c2-c2ccccc2CN(C(=O)CCC(=O)NCCOCCOCCOCCOCCC(=O)NCCCCCC(=O)N[C@H](CCC(=O)N[C@@H](CCCOP(=O)(O)NC(CCC(=O)O)C(=O)O)C(=O)O)C(=O)O)c2ccccc2-3)C=CN(CC(=O)OC)C=CN(CC(=O)OC)C=C1.[Lu]. The monoisotopic (exact) mass is 1810 g/mol. The van der Waals surface area contributed by atoms with Crippen LogP contribution < -0.4 is 36.6 Å². The predicted molar refractivity (Wildman–Crippen MR) is 406 cm³/mol. The molecule has 2 aliphatic heterocycles. The number of carboxylic acids is 4. The van der Waals surface area contributed by atoms with Gasteiger partial charge in [0.2, 0.25) is 35.4 Å². The van der Waals surface area contributed by atoms with E-state index >= 15 is 0 Å². The number of nitrogens with one attached hydrogen (secondary N) is 6. The largest absolute Gasteiger partial charge is 0.481 e. The zero-order valence-electron chi connectivity index (χ0n) is 64.6. The van der Waals surface area contributed by atoms with E-state index in [0.717, 1.165) is 16.8 Å². The molecule has 0 fully saturated rings. The van der Waals surface area contributed by atoms with Gasteiger partial charge >= 0.3 is 49.5 Å². The molecule has 0 saturated carbocycles. The number of para-hydroxylation sites is 1. The topological polar surface area (TPSA) is 533 Å². The first-order valence-electron chi connectivity index (χ1n) is 36.9. The van der Waals surface area contributed by atoms with Crippen molar-refractivity contribution in [1.29, 1.82) is 0 Å². The normalized spacial score (nSPS) is 13.7. The fourth-order valence-corrected chi connectivity index (χ4v) is 12.0. The Labute approximate surface area is 698 Å². The molecule has 0 spiro atoms. The van der Waals surface area contributed by atoms with Crippen molar-refractivity contribution in [2.45, 2.75) is 121 Å². The molecule has 2 aliphatic rings. The molecule has 2 unspecified atom stereocenters. The van der Waals surface area contributed by atoms with Crippen LogP contribution in [0.4, 0.5) is 5.69 Å². The first-order valence-corrected chi connectivity index (χ1v) is 38.5. The van der Waals surface area contributed by atoms with Gasteiger partial charge < -0.3 is 110 Å². The molecule has 2 aromatic carbocycles. The van der Waals surface area contributed by atoms with Gasteiger partial charge in [-0.15, -0.1) is 5.10 Å². The van der Waals surface area contributed by atoms with Crippen molar-refractivity contribution in [3.63, 3.8) is 0 Å². The fraction of sp³-hybridized carbons (Fsp3) is 0.521. The number of carbonyl (C=O) groups is 13. The molecule has 43 heteroatoms. The predicted octanol–water partition coefficient (Wildman–Crippen LogP) is 1.34. The zero-order chi connectivity index (χ0) is 83.9. The third-order valence-corrected chi connectivity index (χ3v) is 18.1. The van der Waals surface area contributed by atoms with Crippen LogP contribution in [0.2, 0.25) is 0 Å². The van der Waals surface area contributed by atoms with Crippen LogP contribution in [0.3, 0.4) is 0 Å². The van der Waals surface area contributed by atoms with Gasteiger partial charge in [-0.25, -0.2) is 23.9 Å². The number of esters is 3. The second-order valence-electron chi connectivity index (χ2n) is 25.6. The Balaban J connectivity index is 0.0000283. The Hall–Kier alpha value is -9.97. The Bertz CT molecular complexity index is 3860. The van der Waals surface area contributed by atoms with E-state index < -0.39 is 105 Å². The molecular formula is C73H103LuN14O27P. The number of aliphatic carboxylic acids is 4. The van der Waals surface area contributed by atoms with Gasteiger partial charge in [-0.05, 0) is 56.6 Å². The number of hydrogen-bond acceptors (Lipinski definition) is 28. The molecule has 0 bridgehead atoms. The van der Waals surface area contributed by atoms with Gasteiger partial charge in [0, 0.05) is 162 Å². The minimum atomic E-state index is -4.76. The number of benzene rings is 2. The third kappa shape index (κ3) is 38.7. The van der Waals surface area contributed by atoms with Crippen molar-refractivity contribution in [1.82, 2.24) is 66.3 Å². The third-order valence-electron chi connectivity index (χ3n) is 16.9. The molecule has 3 heterocycles. The van der Waals surface area contributed by atoms with E-state index in [9.17, 15) is 87.1 Å². The number of hydrogen-bond donors (Lipinski definition) is 11. The van der Waals surface area contributed by atoms with Crippen LogP contribution >= 0.6 is 7.75 Å². The number of nitrogens with zero attached hydrogens (tertiary/aromatic N) is 8. The number of amides is 6. The Morgan fingerprint density at radius 2 is 0.940 bits per heavy atom. The molecule has 3 aromatic rings. The summed E-state index contributed by atoms with van der Waals surface area (Å²) in [6.45, 7) is 1.86. The number of methoxy groups -OCH3 is 3. The van der Waals surface area contributed by atoms with Gasteiger partial charge in [0.05, 0.1) is 98.7 Å². The van der Waals surface area contributed by atoms with E-state index in [0.29, 0.717) is 55.7 Å². The molecule has 11 N–H and O–H groups in total. The first-order chi connectivity index (χ1) is 55.2. The van der Waals surface area contributed by atoms with E-state index in [1.165, 1.54) is 73.2 Å².